The number of carboxylic acid groups (broad SMARTS) is 1. The molecule has 4 amide bonds. The highest BCUT2D eigenvalue weighted by molar-refractivity contribution is 7.91. The van der Waals surface area contributed by atoms with Gasteiger partial charge in [0.05, 0.1) is 31.7 Å². The predicted octanol–water partition coefficient (Wildman–Crippen LogP) is 5.57. The quantitative estimate of drug-likeness (QED) is 0.239. The molecule has 2 aliphatic carbocycles. The second-order valence-electron chi connectivity index (χ2n) is 16.9. The first-order chi connectivity index (χ1) is 28.2. The molecule has 330 valence electrons. The summed E-state index contributed by atoms with van der Waals surface area (Å²) in [6.07, 6.45) is -1.21. The molecule has 3 fully saturated rings. The minimum Gasteiger partial charge on any atom is -0.497 e. The van der Waals surface area contributed by atoms with Gasteiger partial charge in [-0.2, -0.15) is 13.2 Å². The van der Waals surface area contributed by atoms with E-state index in [0.717, 1.165) is 4.90 Å². The molecule has 0 unspecified atom stereocenters. The third-order valence-electron chi connectivity index (χ3n) is 12.3. The van der Waals surface area contributed by atoms with Crippen molar-refractivity contribution in [2.24, 2.45) is 17.8 Å². The largest absolute Gasteiger partial charge is 0.497 e. The van der Waals surface area contributed by atoms with Gasteiger partial charge in [-0.15, -0.1) is 0 Å². The van der Waals surface area contributed by atoms with Crippen LogP contribution >= 0.6 is 0 Å². The van der Waals surface area contributed by atoms with E-state index in [0.29, 0.717) is 68.4 Å². The lowest BCUT2D eigenvalue weighted by atomic mass is 9.82. The molecule has 1 saturated heterocycles. The van der Waals surface area contributed by atoms with Crippen molar-refractivity contribution in [2.75, 3.05) is 20.3 Å². The number of sulfonamides is 1. The number of hydrogen-bond donors (Lipinski definition) is 3. The van der Waals surface area contributed by atoms with Crippen molar-refractivity contribution < 1.29 is 60.1 Å². The summed E-state index contributed by atoms with van der Waals surface area (Å²) in [5, 5.41) is 13.6. The van der Waals surface area contributed by atoms with Crippen LogP contribution in [0.5, 0.6) is 17.4 Å². The van der Waals surface area contributed by atoms with Gasteiger partial charge in [0.25, 0.3) is 5.91 Å². The molecule has 3 N–H and O–H groups in total. The van der Waals surface area contributed by atoms with Gasteiger partial charge in [-0.3, -0.25) is 24.0 Å². The van der Waals surface area contributed by atoms with Crippen molar-refractivity contribution in [3.05, 3.63) is 36.5 Å². The SMILES string of the molecule is CCOc1cnc(O[C@@H]2C[C@H]3C(=O)N[C@]4(C(=O)NS(=O)(=O)C5CC5)C[C@H]4C=CCC[C@@H](C)C[C@@H](CC)[C@H](N(C(=O)O)C(C)(C)C(F)(F)F)C(=O)N3C2)c2ccc(OC)cc12. The number of alkyl halides is 3. The maximum atomic E-state index is 15.2. The van der Waals surface area contributed by atoms with Gasteiger partial charge < -0.3 is 29.5 Å². The summed E-state index contributed by atoms with van der Waals surface area (Å²) in [5.74, 6) is -3.53. The number of halogens is 3. The summed E-state index contributed by atoms with van der Waals surface area (Å²) < 4.78 is 90.1. The first kappa shape index (κ1) is 44.7. The van der Waals surface area contributed by atoms with E-state index in [9.17, 15) is 41.1 Å². The molecule has 3 heterocycles. The number of amides is 4. The Balaban J connectivity index is 1.45. The Kier molecular flexibility index (Phi) is 12.6. The van der Waals surface area contributed by atoms with Gasteiger partial charge in [0.1, 0.15) is 40.8 Å². The maximum Gasteiger partial charge on any atom is 0.411 e. The highest BCUT2D eigenvalue weighted by Crippen LogP contribution is 2.47. The van der Waals surface area contributed by atoms with E-state index in [1.807, 2.05) is 13.0 Å². The van der Waals surface area contributed by atoms with E-state index in [4.69, 9.17) is 14.2 Å². The van der Waals surface area contributed by atoms with E-state index >= 15 is 4.79 Å². The first-order valence-corrected chi connectivity index (χ1v) is 21.9. The number of aromatic nitrogens is 1. The van der Waals surface area contributed by atoms with E-state index in [2.05, 4.69) is 15.0 Å². The molecule has 0 radical (unpaired) electrons. The third-order valence-corrected chi connectivity index (χ3v) is 14.1. The molecule has 0 bridgehead atoms. The molecule has 6 rings (SSSR count). The van der Waals surface area contributed by atoms with E-state index in [1.54, 1.807) is 38.1 Å². The van der Waals surface area contributed by atoms with Crippen molar-refractivity contribution >= 4 is 44.6 Å². The number of methoxy groups -OCH3 is 1. The summed E-state index contributed by atoms with van der Waals surface area (Å²) in [6.45, 7) is 6.70. The Morgan fingerprint density at radius 3 is 2.45 bits per heavy atom. The van der Waals surface area contributed by atoms with Crippen LogP contribution in [0.3, 0.4) is 0 Å². The minimum absolute atomic E-state index is 0.0516. The number of hydrogen-bond acceptors (Lipinski definition) is 10. The van der Waals surface area contributed by atoms with Crippen LogP contribution in [-0.4, -0.2) is 113 Å². The van der Waals surface area contributed by atoms with Crippen molar-refractivity contribution in [1.29, 1.82) is 0 Å². The smallest absolute Gasteiger partial charge is 0.411 e. The van der Waals surface area contributed by atoms with Crippen LogP contribution in [0.25, 0.3) is 10.8 Å². The fourth-order valence-electron chi connectivity index (χ4n) is 8.49. The molecular formula is C41H54F3N5O10S. The van der Waals surface area contributed by atoms with Crippen molar-refractivity contribution in [3.63, 3.8) is 0 Å². The third kappa shape index (κ3) is 8.82. The second-order valence-corrected chi connectivity index (χ2v) is 18.8. The molecule has 19 heteroatoms. The molecule has 2 aliphatic heterocycles. The molecule has 1 aromatic heterocycles. The van der Waals surface area contributed by atoms with Gasteiger partial charge in [-0.1, -0.05) is 32.4 Å². The fourth-order valence-corrected chi connectivity index (χ4v) is 9.86. The van der Waals surface area contributed by atoms with Crippen LogP contribution in [-0.2, 0) is 24.4 Å². The Hall–Kier alpha value is -4.81. The van der Waals surface area contributed by atoms with Gasteiger partial charge in [0.15, 0.2) is 0 Å². The predicted molar refractivity (Wildman–Crippen MR) is 213 cm³/mol. The number of ether oxygens (including phenoxy) is 3. The zero-order valence-corrected chi connectivity index (χ0v) is 35.4. The van der Waals surface area contributed by atoms with Crippen molar-refractivity contribution in [2.45, 2.75) is 127 Å². The lowest BCUT2D eigenvalue weighted by Gasteiger charge is -2.46. The van der Waals surface area contributed by atoms with E-state index in [1.165, 1.54) is 13.3 Å². The molecule has 2 saturated carbocycles. The first-order valence-electron chi connectivity index (χ1n) is 20.4. The molecule has 1 aromatic carbocycles. The number of nitrogens with one attached hydrogen (secondary N) is 2. The van der Waals surface area contributed by atoms with E-state index in [-0.39, 0.29) is 48.9 Å². The minimum atomic E-state index is -5.10. The Morgan fingerprint density at radius 1 is 1.12 bits per heavy atom. The fraction of sp³-hybridized carbons (Fsp3) is 0.634. The standard InChI is InChI=1S/C41H54F3N5O10S/c1-7-24-17-23(3)11-9-10-12-25-20-40(25,37(52)47-60(55,56)28-14-15-28)46-34(50)31-19-27(22-48(31)36(51)33(24)49(38(53)54)39(4,5)41(42,43)44)59-35-29-16-13-26(57-6)18-30(29)32(21-45-35)58-8-2/h10,12-13,16,18,21,23-25,27-28,31,33H,7-9,11,14-15,17,19-20,22H2,1-6H3,(H,46,50)(H,47,52)(H,53,54)/t23-,24-,25-,27-,31+,33+,40-/m1/s1. The van der Waals surface area contributed by atoms with Crippen molar-refractivity contribution in [3.8, 4) is 17.4 Å². The summed E-state index contributed by atoms with van der Waals surface area (Å²) in [4.78, 5) is 62.4. The van der Waals surface area contributed by atoms with Crippen LogP contribution in [0.2, 0.25) is 0 Å². The van der Waals surface area contributed by atoms with Gasteiger partial charge in [0.2, 0.25) is 27.7 Å². The number of benzene rings is 1. The molecule has 7 atom stereocenters. The zero-order valence-electron chi connectivity index (χ0n) is 34.6. The Labute approximate surface area is 347 Å². The van der Waals surface area contributed by atoms with E-state index < -0.39 is 86.4 Å². The van der Waals surface area contributed by atoms with Crippen LogP contribution in [0, 0.1) is 17.8 Å². The van der Waals surface area contributed by atoms with Crippen molar-refractivity contribution in [1.82, 2.24) is 24.8 Å². The van der Waals surface area contributed by atoms with Crippen LogP contribution in [0.1, 0.15) is 86.0 Å². The lowest BCUT2D eigenvalue weighted by molar-refractivity contribution is -0.222. The Bertz CT molecular complexity index is 2130. The second kappa shape index (κ2) is 16.9. The molecular weight excluding hydrogens is 812 g/mol. The molecule has 15 nitrogen and oxygen atoms in total. The summed E-state index contributed by atoms with van der Waals surface area (Å²) in [5.41, 5.74) is -4.75. The lowest BCUT2D eigenvalue weighted by Crippen LogP contribution is -2.66. The number of carbonyl (C=O) groups is 4. The number of rotatable bonds is 11. The average molecular weight is 866 g/mol. The maximum absolute atomic E-state index is 15.2. The molecule has 2 aromatic rings. The molecule has 4 aliphatic rings. The number of allylic oxidation sites excluding steroid dienone is 1. The highest BCUT2D eigenvalue weighted by Gasteiger charge is 2.63. The average Bonchev–Trinajstić information content (AvgIpc) is 4.11. The Morgan fingerprint density at radius 2 is 1.83 bits per heavy atom. The summed E-state index contributed by atoms with van der Waals surface area (Å²) >= 11 is 0. The van der Waals surface area contributed by atoms with Crippen LogP contribution < -0.4 is 24.2 Å². The van der Waals surface area contributed by atoms with Gasteiger partial charge in [-0.05, 0) is 89.3 Å². The van der Waals surface area contributed by atoms with Gasteiger partial charge >= 0.3 is 12.3 Å². The zero-order chi connectivity index (χ0) is 43.9. The summed E-state index contributed by atoms with van der Waals surface area (Å²) in [7, 11) is -2.53. The number of nitrogens with zero attached hydrogens (tertiary/aromatic N) is 3. The molecule has 60 heavy (non-hydrogen) atoms. The molecule has 0 spiro atoms. The number of pyridine rings is 1. The highest BCUT2D eigenvalue weighted by atomic mass is 32.2. The normalized spacial score (nSPS) is 27.8. The number of carbonyl (C=O) groups excluding carboxylic acids is 3. The van der Waals surface area contributed by atoms with Gasteiger partial charge in [-0.25, -0.2) is 18.2 Å². The van der Waals surface area contributed by atoms with Crippen LogP contribution in [0.15, 0.2) is 36.5 Å². The monoisotopic (exact) mass is 865 g/mol. The van der Waals surface area contributed by atoms with Crippen LogP contribution in [0.4, 0.5) is 18.0 Å². The summed E-state index contributed by atoms with van der Waals surface area (Å²) in [6, 6.07) is 1.71. The topological polar surface area (TPSA) is 194 Å². The van der Waals surface area contributed by atoms with Gasteiger partial charge in [0, 0.05) is 23.1 Å². The number of fused-ring (bicyclic) bond motifs is 3.